The first-order chi connectivity index (χ1) is 10.1. The number of hydrogen-bond donors (Lipinski definition) is 1. The number of carbonyl (C=O) groups excluding carboxylic acids is 2. The lowest BCUT2D eigenvalue weighted by Gasteiger charge is -2.47. The number of likely N-dealkylation sites (tertiary alicyclic amines) is 2. The van der Waals surface area contributed by atoms with Gasteiger partial charge in [-0.2, -0.15) is 0 Å². The average molecular weight is 293 g/mol. The fourth-order valence-electron chi connectivity index (χ4n) is 4.20. The Balaban J connectivity index is 1.56. The summed E-state index contributed by atoms with van der Waals surface area (Å²) in [4.78, 5) is 28.1. The molecule has 2 amide bonds. The topological polar surface area (TPSA) is 52.7 Å². The third-order valence-electron chi connectivity index (χ3n) is 5.60. The summed E-state index contributed by atoms with van der Waals surface area (Å²) in [6.07, 6.45) is 6.52. The van der Waals surface area contributed by atoms with Crippen molar-refractivity contribution in [3.05, 3.63) is 0 Å². The molecule has 3 fully saturated rings. The monoisotopic (exact) mass is 293 g/mol. The summed E-state index contributed by atoms with van der Waals surface area (Å²) >= 11 is 0. The van der Waals surface area contributed by atoms with Gasteiger partial charge in [0.2, 0.25) is 11.8 Å². The van der Waals surface area contributed by atoms with Gasteiger partial charge in [0.1, 0.15) is 0 Å². The highest BCUT2D eigenvalue weighted by molar-refractivity contribution is 5.82. The van der Waals surface area contributed by atoms with Gasteiger partial charge in [-0.05, 0) is 50.5 Å². The number of amides is 2. The minimum atomic E-state index is 0.0547. The molecule has 3 saturated heterocycles. The van der Waals surface area contributed by atoms with Crippen LogP contribution in [0, 0.1) is 5.41 Å². The van der Waals surface area contributed by atoms with E-state index in [0.717, 1.165) is 64.8 Å². The fraction of sp³-hybridized carbons (Fsp3) is 0.875. The highest BCUT2D eigenvalue weighted by Gasteiger charge is 2.40. The van der Waals surface area contributed by atoms with Crippen molar-refractivity contribution >= 4 is 11.8 Å². The first kappa shape index (κ1) is 14.8. The van der Waals surface area contributed by atoms with E-state index >= 15 is 0 Å². The first-order valence-corrected chi connectivity index (χ1v) is 8.37. The molecule has 0 aromatic carbocycles. The number of carbonyl (C=O) groups is 2. The number of nitrogens with zero attached hydrogens (tertiary/aromatic N) is 2. The van der Waals surface area contributed by atoms with E-state index in [0.29, 0.717) is 5.91 Å². The fourth-order valence-corrected chi connectivity index (χ4v) is 4.20. The minimum Gasteiger partial charge on any atom is -0.342 e. The van der Waals surface area contributed by atoms with Crippen molar-refractivity contribution in [3.8, 4) is 0 Å². The Morgan fingerprint density at radius 3 is 2.43 bits per heavy atom. The van der Waals surface area contributed by atoms with Gasteiger partial charge in [0.15, 0.2) is 0 Å². The molecule has 0 aromatic rings. The second kappa shape index (κ2) is 5.95. The molecular formula is C16H27N3O2. The lowest BCUT2D eigenvalue weighted by Crippen LogP contribution is -2.53. The third kappa shape index (κ3) is 3.07. The van der Waals surface area contributed by atoms with Gasteiger partial charge in [-0.3, -0.25) is 9.59 Å². The predicted molar refractivity (Wildman–Crippen MR) is 80.8 cm³/mol. The van der Waals surface area contributed by atoms with Crippen LogP contribution < -0.4 is 5.32 Å². The molecule has 21 heavy (non-hydrogen) atoms. The van der Waals surface area contributed by atoms with Gasteiger partial charge in [0, 0.05) is 33.1 Å². The largest absolute Gasteiger partial charge is 0.342 e. The summed E-state index contributed by atoms with van der Waals surface area (Å²) in [7, 11) is 0. The minimum absolute atomic E-state index is 0.0547. The smallest absolute Gasteiger partial charge is 0.239 e. The van der Waals surface area contributed by atoms with E-state index in [1.165, 1.54) is 6.42 Å². The molecule has 0 unspecified atom stereocenters. The molecule has 3 rings (SSSR count). The van der Waals surface area contributed by atoms with Crippen LogP contribution in [0.1, 0.15) is 45.4 Å². The molecule has 3 aliphatic rings. The number of piperidine rings is 2. The highest BCUT2D eigenvalue weighted by atomic mass is 16.2. The van der Waals surface area contributed by atoms with E-state index in [2.05, 4.69) is 5.32 Å². The number of rotatable bonds is 1. The highest BCUT2D eigenvalue weighted by Crippen LogP contribution is 2.40. The maximum Gasteiger partial charge on any atom is 0.239 e. The van der Waals surface area contributed by atoms with Crippen molar-refractivity contribution in [1.82, 2.24) is 15.1 Å². The summed E-state index contributed by atoms with van der Waals surface area (Å²) in [6.45, 7) is 6.18. The van der Waals surface area contributed by atoms with Gasteiger partial charge in [0.05, 0.1) is 6.04 Å². The molecule has 5 nitrogen and oxygen atoms in total. The Kier molecular flexibility index (Phi) is 4.20. The van der Waals surface area contributed by atoms with Crippen molar-refractivity contribution in [3.63, 3.8) is 0 Å². The molecule has 0 aromatic heterocycles. The second-order valence-corrected chi connectivity index (χ2v) is 7.02. The van der Waals surface area contributed by atoms with E-state index in [1.54, 1.807) is 6.92 Å². The van der Waals surface area contributed by atoms with Crippen LogP contribution in [0.2, 0.25) is 0 Å². The summed E-state index contributed by atoms with van der Waals surface area (Å²) < 4.78 is 0. The maximum atomic E-state index is 12.4. The number of nitrogens with one attached hydrogen (secondary N) is 1. The van der Waals surface area contributed by atoms with Crippen LogP contribution in [-0.4, -0.2) is 60.4 Å². The lowest BCUT2D eigenvalue weighted by molar-refractivity contribution is -0.139. The van der Waals surface area contributed by atoms with E-state index in [9.17, 15) is 9.59 Å². The molecule has 1 spiro atoms. The summed E-state index contributed by atoms with van der Waals surface area (Å²) in [5, 5.41) is 3.30. The standard InChI is InChI=1S/C16H27N3O2/c1-13(20)19-9-3-5-16(12-19)6-10-18(11-7-16)15(21)14-4-2-8-17-14/h14,17H,2-12H2,1H3/t14-/m1/s1. The van der Waals surface area contributed by atoms with Gasteiger partial charge in [-0.15, -0.1) is 0 Å². The van der Waals surface area contributed by atoms with Gasteiger partial charge < -0.3 is 15.1 Å². The van der Waals surface area contributed by atoms with Crippen molar-refractivity contribution in [2.75, 3.05) is 32.7 Å². The Morgan fingerprint density at radius 2 is 1.81 bits per heavy atom. The lowest BCUT2D eigenvalue weighted by atomic mass is 9.72. The molecule has 0 aliphatic carbocycles. The van der Waals surface area contributed by atoms with Crippen LogP contribution in [0.5, 0.6) is 0 Å². The second-order valence-electron chi connectivity index (χ2n) is 7.02. The van der Waals surface area contributed by atoms with E-state index in [4.69, 9.17) is 0 Å². The zero-order chi connectivity index (χ0) is 14.9. The predicted octanol–water partition coefficient (Wildman–Crippen LogP) is 0.989. The van der Waals surface area contributed by atoms with Crippen molar-refractivity contribution < 1.29 is 9.59 Å². The van der Waals surface area contributed by atoms with Gasteiger partial charge >= 0.3 is 0 Å². The summed E-state index contributed by atoms with van der Waals surface area (Å²) in [5.74, 6) is 0.490. The zero-order valence-electron chi connectivity index (χ0n) is 13.1. The molecule has 118 valence electrons. The molecule has 3 heterocycles. The van der Waals surface area contributed by atoms with E-state index < -0.39 is 0 Å². The Labute approximate surface area is 127 Å². The SMILES string of the molecule is CC(=O)N1CCCC2(CCN(C(=O)[C@H]3CCCN3)CC2)C1. The van der Waals surface area contributed by atoms with Crippen LogP contribution in [0.25, 0.3) is 0 Å². The van der Waals surface area contributed by atoms with Crippen LogP contribution in [0.3, 0.4) is 0 Å². The summed E-state index contributed by atoms with van der Waals surface area (Å²) in [5.41, 5.74) is 0.268. The molecular weight excluding hydrogens is 266 g/mol. The van der Waals surface area contributed by atoms with Crippen molar-refractivity contribution in [2.24, 2.45) is 5.41 Å². The third-order valence-corrected chi connectivity index (χ3v) is 5.60. The quantitative estimate of drug-likeness (QED) is 0.784. The van der Waals surface area contributed by atoms with Gasteiger partial charge in [0.25, 0.3) is 0 Å². The molecule has 1 atom stereocenters. The molecule has 5 heteroatoms. The Bertz CT molecular complexity index is 410. The molecule has 0 radical (unpaired) electrons. The zero-order valence-corrected chi connectivity index (χ0v) is 13.1. The maximum absolute atomic E-state index is 12.4. The van der Waals surface area contributed by atoms with Crippen molar-refractivity contribution in [1.29, 1.82) is 0 Å². The molecule has 1 N–H and O–H groups in total. The van der Waals surface area contributed by atoms with Gasteiger partial charge in [-0.1, -0.05) is 0 Å². The normalized spacial score (nSPS) is 28.9. The van der Waals surface area contributed by atoms with E-state index in [1.807, 2.05) is 9.80 Å². The first-order valence-electron chi connectivity index (χ1n) is 8.37. The van der Waals surface area contributed by atoms with Crippen LogP contribution >= 0.6 is 0 Å². The Morgan fingerprint density at radius 1 is 1.05 bits per heavy atom. The van der Waals surface area contributed by atoms with Crippen LogP contribution in [0.4, 0.5) is 0 Å². The molecule has 0 saturated carbocycles. The van der Waals surface area contributed by atoms with Crippen LogP contribution in [-0.2, 0) is 9.59 Å². The average Bonchev–Trinajstić information content (AvgIpc) is 3.02. The number of hydrogen-bond acceptors (Lipinski definition) is 3. The summed E-state index contributed by atoms with van der Waals surface area (Å²) in [6, 6.07) is 0.0547. The molecule has 3 aliphatic heterocycles. The Hall–Kier alpha value is -1.10. The van der Waals surface area contributed by atoms with E-state index in [-0.39, 0.29) is 17.4 Å². The van der Waals surface area contributed by atoms with Crippen LogP contribution in [0.15, 0.2) is 0 Å². The van der Waals surface area contributed by atoms with Gasteiger partial charge in [-0.25, -0.2) is 0 Å². The molecule has 0 bridgehead atoms. The van der Waals surface area contributed by atoms with Crippen molar-refractivity contribution in [2.45, 2.75) is 51.5 Å².